The van der Waals surface area contributed by atoms with Crippen molar-refractivity contribution in [3.63, 3.8) is 0 Å². The summed E-state index contributed by atoms with van der Waals surface area (Å²) in [5, 5.41) is 0. The van der Waals surface area contributed by atoms with Gasteiger partial charge in [0.25, 0.3) is 5.91 Å². The van der Waals surface area contributed by atoms with E-state index in [1.54, 1.807) is 24.3 Å². The van der Waals surface area contributed by atoms with E-state index in [4.69, 9.17) is 14.2 Å². The minimum absolute atomic E-state index is 0.00365. The molecule has 0 aliphatic heterocycles. The zero-order valence-corrected chi connectivity index (χ0v) is 16.6. The van der Waals surface area contributed by atoms with Gasteiger partial charge in [0.1, 0.15) is 5.75 Å². The van der Waals surface area contributed by atoms with E-state index in [2.05, 4.69) is 20.8 Å². The first-order valence-electron chi connectivity index (χ1n) is 8.88. The highest BCUT2D eigenvalue weighted by atomic mass is 16.5. The third-order valence-corrected chi connectivity index (χ3v) is 4.33. The topological polar surface area (TPSA) is 94.6 Å². The van der Waals surface area contributed by atoms with Crippen molar-refractivity contribution in [3.05, 3.63) is 65.2 Å². The third kappa shape index (κ3) is 4.73. The maximum absolute atomic E-state index is 12.7. The molecule has 0 unspecified atom stereocenters. The van der Waals surface area contributed by atoms with Gasteiger partial charge in [0, 0.05) is 0 Å². The molecule has 3 aromatic rings. The van der Waals surface area contributed by atoms with Crippen LogP contribution in [-0.4, -0.2) is 30.1 Å². The van der Waals surface area contributed by atoms with E-state index in [9.17, 15) is 4.79 Å². The average Bonchev–Trinajstić information content (AvgIpc) is 2.74. The van der Waals surface area contributed by atoms with Crippen LogP contribution in [0.2, 0.25) is 0 Å². The van der Waals surface area contributed by atoms with Crippen LogP contribution in [-0.2, 0) is 0 Å². The fourth-order valence-electron chi connectivity index (χ4n) is 2.56. The number of aromatic nitrogens is 2. The van der Waals surface area contributed by atoms with Crippen LogP contribution in [0.3, 0.4) is 0 Å². The van der Waals surface area contributed by atoms with Gasteiger partial charge in [0.05, 0.1) is 31.5 Å². The van der Waals surface area contributed by atoms with Gasteiger partial charge in [-0.1, -0.05) is 24.3 Å². The molecular weight excluding hydrogens is 372 g/mol. The van der Waals surface area contributed by atoms with Crippen molar-refractivity contribution in [2.24, 2.45) is 0 Å². The number of aryl methyl sites for hydroxylation is 1. The monoisotopic (exact) mass is 394 g/mol. The lowest BCUT2D eigenvalue weighted by Crippen LogP contribution is -2.30. The maximum Gasteiger partial charge on any atom is 0.328 e. The van der Waals surface area contributed by atoms with Gasteiger partial charge in [-0.2, -0.15) is 9.97 Å². The number of nitrogens with zero attached hydrogens (tertiary/aromatic N) is 2. The number of carbonyl (C=O) groups is 1. The van der Waals surface area contributed by atoms with Gasteiger partial charge in [0.15, 0.2) is 0 Å². The van der Waals surface area contributed by atoms with Crippen LogP contribution < -0.4 is 25.1 Å². The molecule has 0 fully saturated rings. The van der Waals surface area contributed by atoms with Crippen molar-refractivity contribution in [1.29, 1.82) is 0 Å². The summed E-state index contributed by atoms with van der Waals surface area (Å²) in [6.45, 7) is 3.99. The number of anilines is 1. The molecule has 29 heavy (non-hydrogen) atoms. The molecule has 0 saturated carbocycles. The predicted octanol–water partition coefficient (Wildman–Crippen LogP) is 3.66. The summed E-state index contributed by atoms with van der Waals surface area (Å²) in [4.78, 5) is 21.0. The van der Waals surface area contributed by atoms with Gasteiger partial charge in [-0.05, 0) is 43.2 Å². The summed E-state index contributed by atoms with van der Waals surface area (Å²) in [7, 11) is 2.96. The Kier molecular flexibility index (Phi) is 6.13. The minimum atomic E-state index is -0.364. The second kappa shape index (κ2) is 8.92. The first-order valence-corrected chi connectivity index (χ1v) is 8.88. The Bertz CT molecular complexity index is 1000. The molecule has 3 rings (SSSR count). The number of ether oxygens (including phenoxy) is 3. The zero-order chi connectivity index (χ0) is 20.8. The molecule has 2 aromatic carbocycles. The van der Waals surface area contributed by atoms with E-state index in [1.807, 2.05) is 32.0 Å². The number of para-hydroxylation sites is 1. The summed E-state index contributed by atoms with van der Waals surface area (Å²) in [6.07, 6.45) is 0. The largest absolute Gasteiger partial charge is 0.481 e. The number of nitrogens with one attached hydrogen (secondary N) is 2. The number of amides is 1. The molecule has 1 amide bonds. The van der Waals surface area contributed by atoms with E-state index in [0.717, 1.165) is 16.8 Å². The number of hydrazine groups is 1. The van der Waals surface area contributed by atoms with Crippen LogP contribution in [0.5, 0.6) is 23.5 Å². The summed E-state index contributed by atoms with van der Waals surface area (Å²) >= 11 is 0. The number of hydrogen-bond acceptors (Lipinski definition) is 7. The Morgan fingerprint density at radius 3 is 2.31 bits per heavy atom. The zero-order valence-electron chi connectivity index (χ0n) is 16.6. The molecule has 0 spiro atoms. The highest BCUT2D eigenvalue weighted by Gasteiger charge is 2.15. The first kappa shape index (κ1) is 19.9. The number of carbonyl (C=O) groups excluding carboxylic acids is 1. The molecule has 1 aromatic heterocycles. The Balaban J connectivity index is 1.80. The maximum atomic E-state index is 12.7. The number of hydrogen-bond donors (Lipinski definition) is 2. The molecule has 2 N–H and O–H groups in total. The molecule has 0 aliphatic rings. The molecule has 0 atom stereocenters. The minimum Gasteiger partial charge on any atom is -0.481 e. The lowest BCUT2D eigenvalue weighted by molar-refractivity contribution is 0.0960. The fraction of sp³-hybridized carbons (Fsp3) is 0.190. The second-order valence-corrected chi connectivity index (χ2v) is 6.16. The first-order chi connectivity index (χ1) is 14.0. The number of rotatable bonds is 7. The van der Waals surface area contributed by atoms with Crippen LogP contribution in [0.15, 0.2) is 48.5 Å². The average molecular weight is 394 g/mol. The van der Waals surface area contributed by atoms with E-state index >= 15 is 0 Å². The van der Waals surface area contributed by atoms with E-state index in [0.29, 0.717) is 11.3 Å². The lowest BCUT2D eigenvalue weighted by atomic mass is 10.1. The SMILES string of the molecule is COc1cc(OC)nc(Oc2ccccc2C(=O)NNc2cccc(C)c2C)n1. The molecular formula is C21H22N4O4. The van der Waals surface area contributed by atoms with E-state index < -0.39 is 0 Å². The van der Waals surface area contributed by atoms with Gasteiger partial charge in [-0.15, -0.1) is 0 Å². The Hall–Kier alpha value is -3.81. The second-order valence-electron chi connectivity index (χ2n) is 6.16. The molecule has 0 bridgehead atoms. The lowest BCUT2D eigenvalue weighted by Gasteiger charge is -2.14. The van der Waals surface area contributed by atoms with Crippen LogP contribution in [0.4, 0.5) is 5.69 Å². The normalized spacial score (nSPS) is 10.2. The van der Waals surface area contributed by atoms with Gasteiger partial charge in [0.2, 0.25) is 11.8 Å². The van der Waals surface area contributed by atoms with Crippen molar-refractivity contribution < 1.29 is 19.0 Å². The molecule has 8 heteroatoms. The van der Waals surface area contributed by atoms with E-state index in [1.165, 1.54) is 20.3 Å². The van der Waals surface area contributed by atoms with Crippen molar-refractivity contribution in [2.75, 3.05) is 19.6 Å². The van der Waals surface area contributed by atoms with Crippen molar-refractivity contribution in [2.45, 2.75) is 13.8 Å². The molecule has 8 nitrogen and oxygen atoms in total. The molecule has 0 radical (unpaired) electrons. The third-order valence-electron chi connectivity index (χ3n) is 4.33. The fourth-order valence-corrected chi connectivity index (χ4v) is 2.56. The highest BCUT2D eigenvalue weighted by molar-refractivity contribution is 5.97. The van der Waals surface area contributed by atoms with Crippen LogP contribution in [0.1, 0.15) is 21.5 Å². The molecule has 0 saturated heterocycles. The van der Waals surface area contributed by atoms with Crippen LogP contribution >= 0.6 is 0 Å². The van der Waals surface area contributed by atoms with Crippen molar-refractivity contribution >= 4 is 11.6 Å². The molecule has 150 valence electrons. The summed E-state index contributed by atoms with van der Waals surface area (Å²) in [5.41, 5.74) is 8.95. The highest BCUT2D eigenvalue weighted by Crippen LogP contribution is 2.26. The van der Waals surface area contributed by atoms with Gasteiger partial charge >= 0.3 is 6.01 Å². The number of methoxy groups -OCH3 is 2. The van der Waals surface area contributed by atoms with E-state index in [-0.39, 0.29) is 23.7 Å². The summed E-state index contributed by atoms with van der Waals surface area (Å²) in [5.74, 6) is 0.496. The van der Waals surface area contributed by atoms with Gasteiger partial charge < -0.3 is 14.2 Å². The van der Waals surface area contributed by atoms with Crippen LogP contribution in [0.25, 0.3) is 0 Å². The molecule has 1 heterocycles. The van der Waals surface area contributed by atoms with Gasteiger partial charge in [-0.25, -0.2) is 0 Å². The van der Waals surface area contributed by atoms with Crippen molar-refractivity contribution in [3.8, 4) is 23.5 Å². The summed E-state index contributed by atoms with van der Waals surface area (Å²) in [6, 6.07) is 14.1. The Morgan fingerprint density at radius 2 is 1.62 bits per heavy atom. The number of benzene rings is 2. The van der Waals surface area contributed by atoms with Crippen molar-refractivity contribution in [1.82, 2.24) is 15.4 Å². The standard InChI is InChI=1S/C21H22N4O4/c1-13-8-7-10-16(14(13)2)24-25-20(26)15-9-5-6-11-17(15)29-21-22-18(27-3)12-19(23-21)28-4/h5-12,24H,1-4H3,(H,25,26). The van der Waals surface area contributed by atoms with Gasteiger partial charge in [-0.3, -0.25) is 15.6 Å². The smallest absolute Gasteiger partial charge is 0.328 e. The van der Waals surface area contributed by atoms with Crippen LogP contribution in [0, 0.1) is 13.8 Å². The quantitative estimate of drug-likeness (QED) is 0.591. The predicted molar refractivity (Wildman–Crippen MR) is 109 cm³/mol. The summed E-state index contributed by atoms with van der Waals surface area (Å²) < 4.78 is 16.0. The Labute approximate surface area is 168 Å². The Morgan fingerprint density at radius 1 is 0.931 bits per heavy atom. The molecule has 0 aliphatic carbocycles.